The molecule has 0 radical (unpaired) electrons. The Kier molecular flexibility index (Phi) is 7.41. The monoisotopic (exact) mass is 516 g/mol. The van der Waals surface area contributed by atoms with Crippen LogP contribution in [0.15, 0.2) is 36.9 Å². The van der Waals surface area contributed by atoms with Crippen molar-refractivity contribution >= 4 is 22.7 Å². The first kappa shape index (κ1) is 26.7. The summed E-state index contributed by atoms with van der Waals surface area (Å²) < 4.78 is 3.30. The molecule has 0 aliphatic rings. The number of nitriles is 1. The summed E-state index contributed by atoms with van der Waals surface area (Å²) in [6, 6.07) is 5.23. The number of likely N-dealkylation sites (N-methyl/N-ethyl adjacent to an activating group) is 1. The number of aliphatic carboxylic acids is 1. The van der Waals surface area contributed by atoms with Crippen LogP contribution in [0.4, 0.5) is 5.69 Å². The van der Waals surface area contributed by atoms with Gasteiger partial charge < -0.3 is 10.4 Å². The number of pyridine rings is 2. The highest BCUT2D eigenvalue weighted by Gasteiger charge is 2.36. The number of nitrogens with one attached hydrogen (secondary N) is 1. The fraction of sp³-hybridized carbons (Fsp3) is 0.423. The van der Waals surface area contributed by atoms with Gasteiger partial charge in [-0.3, -0.25) is 9.69 Å². The fourth-order valence-electron chi connectivity index (χ4n) is 4.68. The van der Waals surface area contributed by atoms with Gasteiger partial charge in [-0.1, -0.05) is 19.1 Å². The van der Waals surface area contributed by atoms with Crippen molar-refractivity contribution in [3.63, 3.8) is 0 Å². The summed E-state index contributed by atoms with van der Waals surface area (Å²) in [6.45, 7) is 7.99. The Morgan fingerprint density at radius 1 is 1.21 bits per heavy atom. The zero-order chi connectivity index (χ0) is 27.6. The number of aryl methyl sites for hydroxylation is 1. The summed E-state index contributed by atoms with van der Waals surface area (Å²) in [5, 5.41) is 36.1. The quantitative estimate of drug-likeness (QED) is 0.322. The number of hydrogen-bond donors (Lipinski definition) is 2. The lowest BCUT2D eigenvalue weighted by atomic mass is 9.79. The third-order valence-electron chi connectivity index (χ3n) is 6.37. The molecule has 2 N–H and O–H groups in total. The van der Waals surface area contributed by atoms with Crippen molar-refractivity contribution in [3.05, 3.63) is 48.2 Å². The molecule has 0 aromatic carbocycles. The summed E-state index contributed by atoms with van der Waals surface area (Å²) >= 11 is 0. The first-order valence-corrected chi connectivity index (χ1v) is 12.3. The normalized spacial score (nSPS) is 12.7. The second-order valence-corrected chi connectivity index (χ2v) is 10.5. The maximum atomic E-state index is 11.8. The van der Waals surface area contributed by atoms with Crippen LogP contribution in [0.1, 0.15) is 45.4 Å². The third kappa shape index (κ3) is 5.47. The van der Waals surface area contributed by atoms with E-state index >= 15 is 0 Å². The molecule has 0 bridgehead atoms. The highest BCUT2D eigenvalue weighted by molar-refractivity contribution is 5.77. The van der Waals surface area contributed by atoms with Crippen LogP contribution < -0.4 is 5.32 Å². The molecule has 0 aliphatic heterocycles. The molecule has 12 heteroatoms. The lowest BCUT2D eigenvalue weighted by Gasteiger charge is -2.35. The van der Waals surface area contributed by atoms with Crippen molar-refractivity contribution in [1.29, 1.82) is 5.26 Å². The number of carboxylic acids is 1. The average Bonchev–Trinajstić information content (AvgIpc) is 3.48. The van der Waals surface area contributed by atoms with Gasteiger partial charge in [-0.15, -0.1) is 5.10 Å². The Labute approximate surface area is 220 Å². The second-order valence-electron chi connectivity index (χ2n) is 10.5. The highest BCUT2D eigenvalue weighted by atomic mass is 16.4. The fourth-order valence-corrected chi connectivity index (χ4v) is 4.68. The van der Waals surface area contributed by atoms with Gasteiger partial charge in [0, 0.05) is 23.7 Å². The molecule has 4 aromatic heterocycles. The van der Waals surface area contributed by atoms with Gasteiger partial charge in [-0.05, 0) is 52.3 Å². The van der Waals surface area contributed by atoms with Gasteiger partial charge in [0.05, 0.1) is 35.5 Å². The number of anilines is 1. The molecule has 0 fully saturated rings. The molecule has 0 saturated carbocycles. The molecular formula is C26H32N10O2. The number of nitrogens with zero attached hydrogens (tertiary/aromatic N) is 9. The summed E-state index contributed by atoms with van der Waals surface area (Å²) in [4.78, 5) is 22.5. The molecule has 12 nitrogen and oxygen atoms in total. The van der Waals surface area contributed by atoms with Crippen LogP contribution in [-0.4, -0.2) is 76.9 Å². The predicted molar refractivity (Wildman–Crippen MR) is 142 cm³/mol. The van der Waals surface area contributed by atoms with Crippen molar-refractivity contribution in [3.8, 4) is 17.6 Å². The number of hydrogen-bond acceptors (Lipinski definition) is 9. The summed E-state index contributed by atoms with van der Waals surface area (Å²) in [7, 11) is 3.56. The van der Waals surface area contributed by atoms with Gasteiger partial charge in [0.1, 0.15) is 17.8 Å². The Morgan fingerprint density at radius 2 is 1.97 bits per heavy atom. The average molecular weight is 517 g/mol. The van der Waals surface area contributed by atoms with Crippen molar-refractivity contribution in [2.24, 2.45) is 5.41 Å². The second kappa shape index (κ2) is 10.5. The SMILES string of the molecule is CC(C)Nc1cc(-n2ncc3cc(C#N)cnc32)ncc1-n1cc(CCC(C)(C)C(C(=O)O)N(C)C)nn1. The van der Waals surface area contributed by atoms with Crippen molar-refractivity contribution < 1.29 is 9.90 Å². The molecule has 0 spiro atoms. The lowest BCUT2D eigenvalue weighted by Crippen LogP contribution is -2.47. The number of fused-ring (bicyclic) bond motifs is 1. The standard InChI is InChI=1S/C26H32N10O2/c1-16(2)31-20-10-22(36-24-18(13-30-36)9-17(11-27)12-29-24)28-14-21(20)35-15-19(32-33-35)7-8-26(3,4)23(25(37)38)34(5)6/h9-10,12-16,23H,7-8H2,1-6H3,(H,28,31)(H,37,38). The third-order valence-corrected chi connectivity index (χ3v) is 6.37. The number of carboxylic acid groups (broad SMARTS) is 1. The van der Waals surface area contributed by atoms with E-state index in [-0.39, 0.29) is 6.04 Å². The molecular weight excluding hydrogens is 484 g/mol. The van der Waals surface area contributed by atoms with Crippen LogP contribution in [-0.2, 0) is 11.2 Å². The predicted octanol–water partition coefficient (Wildman–Crippen LogP) is 3.06. The largest absolute Gasteiger partial charge is 0.480 e. The van der Waals surface area contributed by atoms with Crippen molar-refractivity contribution in [1.82, 2.24) is 39.6 Å². The van der Waals surface area contributed by atoms with Crippen molar-refractivity contribution in [2.75, 3.05) is 19.4 Å². The molecule has 0 aliphatic carbocycles. The summed E-state index contributed by atoms with van der Waals surface area (Å²) in [5.41, 5.74) is 2.86. The minimum atomic E-state index is -0.843. The van der Waals surface area contributed by atoms with E-state index in [1.54, 1.807) is 46.8 Å². The van der Waals surface area contributed by atoms with Gasteiger partial charge in [0.2, 0.25) is 0 Å². The zero-order valence-electron chi connectivity index (χ0n) is 22.4. The molecule has 0 saturated heterocycles. The Bertz CT molecular complexity index is 1500. The number of aromatic nitrogens is 7. The van der Waals surface area contributed by atoms with E-state index in [9.17, 15) is 9.90 Å². The van der Waals surface area contributed by atoms with E-state index in [1.165, 1.54) is 6.20 Å². The minimum Gasteiger partial charge on any atom is -0.480 e. The van der Waals surface area contributed by atoms with Crippen LogP contribution in [0.25, 0.3) is 22.5 Å². The number of carbonyl (C=O) groups is 1. The Morgan fingerprint density at radius 3 is 2.63 bits per heavy atom. The topological polar surface area (TPSA) is 151 Å². The van der Waals surface area contributed by atoms with Gasteiger partial charge in [-0.25, -0.2) is 14.6 Å². The van der Waals surface area contributed by atoms with Crippen LogP contribution in [0.5, 0.6) is 0 Å². The van der Waals surface area contributed by atoms with Gasteiger partial charge in [-0.2, -0.15) is 15.0 Å². The van der Waals surface area contributed by atoms with Gasteiger partial charge in [0.15, 0.2) is 11.5 Å². The van der Waals surface area contributed by atoms with Crippen LogP contribution >= 0.6 is 0 Å². The van der Waals surface area contributed by atoms with Crippen LogP contribution in [0.2, 0.25) is 0 Å². The minimum absolute atomic E-state index is 0.137. The lowest BCUT2D eigenvalue weighted by molar-refractivity contribution is -0.146. The molecule has 4 rings (SSSR count). The maximum absolute atomic E-state index is 11.8. The zero-order valence-corrected chi connectivity index (χ0v) is 22.4. The molecule has 38 heavy (non-hydrogen) atoms. The van der Waals surface area contributed by atoms with E-state index in [2.05, 4.69) is 36.8 Å². The summed E-state index contributed by atoms with van der Waals surface area (Å²) in [6.07, 6.45) is 7.92. The molecule has 4 heterocycles. The van der Waals surface area contributed by atoms with E-state index < -0.39 is 17.4 Å². The van der Waals surface area contributed by atoms with Crippen LogP contribution in [0.3, 0.4) is 0 Å². The van der Waals surface area contributed by atoms with Gasteiger partial charge >= 0.3 is 5.97 Å². The van der Waals surface area contributed by atoms with E-state index in [1.807, 2.05) is 40.0 Å². The van der Waals surface area contributed by atoms with E-state index in [4.69, 9.17) is 5.26 Å². The molecule has 1 unspecified atom stereocenters. The van der Waals surface area contributed by atoms with E-state index in [0.29, 0.717) is 35.6 Å². The highest BCUT2D eigenvalue weighted by Crippen LogP contribution is 2.30. The van der Waals surface area contributed by atoms with E-state index in [0.717, 1.165) is 16.8 Å². The smallest absolute Gasteiger partial charge is 0.321 e. The first-order valence-electron chi connectivity index (χ1n) is 12.3. The molecule has 198 valence electrons. The summed E-state index contributed by atoms with van der Waals surface area (Å²) in [5.74, 6) is -0.278. The van der Waals surface area contributed by atoms with Gasteiger partial charge in [0.25, 0.3) is 0 Å². The molecule has 0 amide bonds. The van der Waals surface area contributed by atoms with Crippen molar-refractivity contribution in [2.45, 2.75) is 52.6 Å². The van der Waals surface area contributed by atoms with Crippen LogP contribution in [0, 0.1) is 16.7 Å². The molecule has 4 aromatic rings. The Hall–Kier alpha value is -4.37. The maximum Gasteiger partial charge on any atom is 0.321 e. The Balaban J connectivity index is 1.62. The first-order chi connectivity index (χ1) is 18.0. The number of rotatable bonds is 10. The molecule has 1 atom stereocenters.